The van der Waals surface area contributed by atoms with Crippen molar-refractivity contribution >= 4 is 17.3 Å². The van der Waals surface area contributed by atoms with Crippen LogP contribution in [0.3, 0.4) is 0 Å². The maximum atomic E-state index is 5.79. The minimum absolute atomic E-state index is 0.182. The van der Waals surface area contributed by atoms with Gasteiger partial charge in [-0.15, -0.1) is 0 Å². The first-order valence-electron chi connectivity index (χ1n) is 5.72. The summed E-state index contributed by atoms with van der Waals surface area (Å²) >= 11 is 5.79. The molecule has 0 saturated carbocycles. The molecule has 0 aliphatic heterocycles. The van der Waals surface area contributed by atoms with Crippen LogP contribution in [-0.2, 0) is 11.2 Å². The van der Waals surface area contributed by atoms with Gasteiger partial charge < -0.3 is 15.2 Å². The Morgan fingerprint density at radius 1 is 1.21 bits per heavy atom. The summed E-state index contributed by atoms with van der Waals surface area (Å²) in [5, 5.41) is 0.182. The summed E-state index contributed by atoms with van der Waals surface area (Å²) in [4.78, 5) is 7.71. The molecule has 1 heterocycles. The number of anilines is 1. The summed E-state index contributed by atoms with van der Waals surface area (Å²) in [6, 6.07) is 7.63. The molecule has 0 atom stereocenters. The highest BCUT2D eigenvalue weighted by Gasteiger charge is 2.08. The van der Waals surface area contributed by atoms with E-state index >= 15 is 0 Å². The highest BCUT2D eigenvalue weighted by atomic mass is 35.5. The van der Waals surface area contributed by atoms with Crippen LogP contribution < -0.4 is 10.5 Å². The quantitative estimate of drug-likeness (QED) is 0.852. The third kappa shape index (κ3) is 3.56. The van der Waals surface area contributed by atoms with Crippen molar-refractivity contribution in [1.82, 2.24) is 9.97 Å². The highest BCUT2D eigenvalue weighted by molar-refractivity contribution is 6.32. The van der Waals surface area contributed by atoms with E-state index in [1.54, 1.807) is 7.11 Å². The van der Waals surface area contributed by atoms with Crippen LogP contribution in [0.1, 0.15) is 5.56 Å². The Hall–Kier alpha value is -1.85. The Morgan fingerprint density at radius 3 is 2.63 bits per heavy atom. The van der Waals surface area contributed by atoms with Gasteiger partial charge in [-0.2, -0.15) is 4.98 Å². The smallest absolute Gasteiger partial charge is 0.247 e. The Labute approximate surface area is 116 Å². The molecule has 0 radical (unpaired) electrons. The number of nitrogens with zero attached hydrogens (tertiary/aromatic N) is 2. The first-order chi connectivity index (χ1) is 9.20. The number of aromatic nitrogens is 2. The fraction of sp³-hybridized carbons (Fsp3) is 0.231. The van der Waals surface area contributed by atoms with Gasteiger partial charge in [-0.05, 0) is 24.1 Å². The largest absolute Gasteiger partial charge is 0.437 e. The first kappa shape index (κ1) is 13.6. The van der Waals surface area contributed by atoms with Crippen LogP contribution in [0, 0.1) is 0 Å². The number of rotatable bonds is 5. The fourth-order valence-corrected chi connectivity index (χ4v) is 1.62. The number of methoxy groups -OCH3 is 1. The standard InChI is InChI=1S/C13H14ClN3O2/c1-18-7-6-9-2-4-10(5-3-9)19-13-11(15)12(14)16-8-17-13/h2-5,8H,6-7,15H2,1H3. The second-order valence-corrected chi connectivity index (χ2v) is 4.23. The van der Waals surface area contributed by atoms with Crippen molar-refractivity contribution in [3.8, 4) is 11.6 Å². The van der Waals surface area contributed by atoms with Crippen molar-refractivity contribution in [2.24, 2.45) is 0 Å². The summed E-state index contributed by atoms with van der Waals surface area (Å²) in [5.74, 6) is 0.896. The van der Waals surface area contributed by atoms with Gasteiger partial charge in [-0.1, -0.05) is 23.7 Å². The Morgan fingerprint density at radius 2 is 1.95 bits per heavy atom. The van der Waals surface area contributed by atoms with Gasteiger partial charge in [0.1, 0.15) is 17.8 Å². The highest BCUT2D eigenvalue weighted by Crippen LogP contribution is 2.28. The molecule has 2 aromatic rings. The van der Waals surface area contributed by atoms with Crippen LogP contribution in [0.4, 0.5) is 5.69 Å². The Kier molecular flexibility index (Phi) is 4.54. The van der Waals surface area contributed by atoms with Crippen LogP contribution in [0.15, 0.2) is 30.6 Å². The Bertz CT molecular complexity index is 546. The summed E-state index contributed by atoms with van der Waals surface area (Å²) < 4.78 is 10.6. The number of halogens is 1. The topological polar surface area (TPSA) is 70.3 Å². The molecule has 0 aliphatic rings. The van der Waals surface area contributed by atoms with E-state index in [9.17, 15) is 0 Å². The number of hydrogen-bond acceptors (Lipinski definition) is 5. The van der Waals surface area contributed by atoms with E-state index in [4.69, 9.17) is 26.8 Å². The van der Waals surface area contributed by atoms with Gasteiger partial charge in [-0.3, -0.25) is 0 Å². The molecule has 19 heavy (non-hydrogen) atoms. The predicted octanol–water partition coefficient (Wildman–Crippen LogP) is 2.69. The van der Waals surface area contributed by atoms with Crippen molar-refractivity contribution in [3.63, 3.8) is 0 Å². The van der Waals surface area contributed by atoms with E-state index in [2.05, 4.69) is 9.97 Å². The molecule has 2 rings (SSSR count). The molecular weight excluding hydrogens is 266 g/mol. The fourth-order valence-electron chi connectivity index (χ4n) is 1.50. The van der Waals surface area contributed by atoms with E-state index < -0.39 is 0 Å². The molecule has 0 bridgehead atoms. The van der Waals surface area contributed by atoms with Crippen molar-refractivity contribution < 1.29 is 9.47 Å². The van der Waals surface area contributed by atoms with E-state index in [1.807, 2.05) is 24.3 Å². The van der Waals surface area contributed by atoms with E-state index in [-0.39, 0.29) is 16.7 Å². The second kappa shape index (κ2) is 6.36. The molecule has 5 nitrogen and oxygen atoms in total. The molecule has 100 valence electrons. The van der Waals surface area contributed by atoms with Gasteiger partial charge in [0.25, 0.3) is 0 Å². The minimum atomic E-state index is 0.182. The van der Waals surface area contributed by atoms with E-state index in [0.29, 0.717) is 12.4 Å². The molecule has 0 amide bonds. The Balaban J connectivity index is 2.09. The zero-order valence-corrected chi connectivity index (χ0v) is 11.2. The molecule has 0 aliphatic carbocycles. The lowest BCUT2D eigenvalue weighted by Crippen LogP contribution is -1.98. The molecule has 6 heteroatoms. The maximum absolute atomic E-state index is 5.79. The molecular formula is C13H14ClN3O2. The predicted molar refractivity (Wildman–Crippen MR) is 73.6 cm³/mol. The molecule has 2 N–H and O–H groups in total. The monoisotopic (exact) mass is 279 g/mol. The first-order valence-corrected chi connectivity index (χ1v) is 6.10. The molecule has 0 spiro atoms. The minimum Gasteiger partial charge on any atom is -0.437 e. The number of hydrogen-bond donors (Lipinski definition) is 1. The average molecular weight is 280 g/mol. The van der Waals surface area contributed by atoms with Crippen molar-refractivity contribution in [3.05, 3.63) is 41.3 Å². The van der Waals surface area contributed by atoms with Crippen LogP contribution in [0.2, 0.25) is 5.15 Å². The van der Waals surface area contributed by atoms with Crippen molar-refractivity contribution in [1.29, 1.82) is 0 Å². The van der Waals surface area contributed by atoms with Gasteiger partial charge in [0.15, 0.2) is 5.15 Å². The summed E-state index contributed by atoms with van der Waals surface area (Å²) in [5.41, 5.74) is 7.13. The number of nitrogen functional groups attached to an aromatic ring is 1. The van der Waals surface area contributed by atoms with Gasteiger partial charge in [0.05, 0.1) is 6.61 Å². The molecule has 1 aromatic heterocycles. The second-order valence-electron chi connectivity index (χ2n) is 3.87. The van der Waals surface area contributed by atoms with Crippen molar-refractivity contribution in [2.45, 2.75) is 6.42 Å². The van der Waals surface area contributed by atoms with Crippen LogP contribution in [-0.4, -0.2) is 23.7 Å². The third-order valence-corrected chi connectivity index (χ3v) is 2.83. The van der Waals surface area contributed by atoms with Gasteiger partial charge in [0.2, 0.25) is 5.88 Å². The zero-order chi connectivity index (χ0) is 13.7. The normalized spacial score (nSPS) is 10.4. The number of ether oxygens (including phenoxy) is 2. The molecule has 1 aromatic carbocycles. The maximum Gasteiger partial charge on any atom is 0.247 e. The van der Waals surface area contributed by atoms with Gasteiger partial charge >= 0.3 is 0 Å². The molecule has 0 unspecified atom stereocenters. The van der Waals surface area contributed by atoms with Crippen LogP contribution in [0.5, 0.6) is 11.6 Å². The lowest BCUT2D eigenvalue weighted by atomic mass is 10.1. The zero-order valence-electron chi connectivity index (χ0n) is 10.5. The number of benzene rings is 1. The average Bonchev–Trinajstić information content (AvgIpc) is 2.43. The van der Waals surface area contributed by atoms with Gasteiger partial charge in [0, 0.05) is 7.11 Å². The van der Waals surface area contributed by atoms with Crippen molar-refractivity contribution in [2.75, 3.05) is 19.5 Å². The lowest BCUT2D eigenvalue weighted by Gasteiger charge is -2.08. The number of nitrogens with two attached hydrogens (primary N) is 1. The SMILES string of the molecule is COCCc1ccc(Oc2ncnc(Cl)c2N)cc1. The van der Waals surface area contributed by atoms with Crippen LogP contribution >= 0.6 is 11.6 Å². The third-order valence-electron chi connectivity index (χ3n) is 2.53. The van der Waals surface area contributed by atoms with Gasteiger partial charge in [-0.25, -0.2) is 4.98 Å². The molecule has 0 saturated heterocycles. The summed E-state index contributed by atoms with van der Waals surface area (Å²) in [6.07, 6.45) is 2.17. The summed E-state index contributed by atoms with van der Waals surface area (Å²) in [6.45, 7) is 0.689. The van der Waals surface area contributed by atoms with Crippen LogP contribution in [0.25, 0.3) is 0 Å². The summed E-state index contributed by atoms with van der Waals surface area (Å²) in [7, 11) is 1.68. The van der Waals surface area contributed by atoms with E-state index in [0.717, 1.165) is 6.42 Å². The van der Waals surface area contributed by atoms with E-state index in [1.165, 1.54) is 11.9 Å². The lowest BCUT2D eigenvalue weighted by molar-refractivity contribution is 0.202. The molecule has 0 fully saturated rings.